The molecule has 1 amide bonds. The van der Waals surface area contributed by atoms with Crippen LogP contribution >= 0.6 is 11.3 Å². The lowest BCUT2D eigenvalue weighted by Crippen LogP contribution is -2.48. The number of hydrogen-bond acceptors (Lipinski definition) is 5. The van der Waals surface area contributed by atoms with Crippen LogP contribution in [0.1, 0.15) is 37.2 Å². The molecule has 1 atom stereocenters. The molecule has 1 aliphatic rings. The molecular formula is C15H18N2O3S. The third-order valence-electron chi connectivity index (χ3n) is 3.84. The van der Waals surface area contributed by atoms with E-state index in [1.807, 2.05) is 17.5 Å². The van der Waals surface area contributed by atoms with Gasteiger partial charge >= 0.3 is 0 Å². The molecular weight excluding hydrogens is 288 g/mol. The molecule has 3 heterocycles. The molecule has 1 saturated heterocycles. The number of thiophene rings is 1. The number of rotatable bonds is 3. The van der Waals surface area contributed by atoms with Gasteiger partial charge in [0, 0.05) is 6.54 Å². The number of carbonyl (C=O) groups is 1. The summed E-state index contributed by atoms with van der Waals surface area (Å²) in [5.41, 5.74) is -0.590. The molecule has 0 aromatic carbocycles. The SMILES string of the molecule is CC(C)(O)C1CCCN1C(=O)c1ncoc1-c1cccs1. The van der Waals surface area contributed by atoms with Crippen LogP contribution in [0.3, 0.4) is 0 Å². The molecule has 5 nitrogen and oxygen atoms in total. The van der Waals surface area contributed by atoms with Crippen molar-refractivity contribution in [1.82, 2.24) is 9.88 Å². The van der Waals surface area contributed by atoms with E-state index in [-0.39, 0.29) is 11.9 Å². The van der Waals surface area contributed by atoms with Crippen molar-refractivity contribution >= 4 is 17.2 Å². The van der Waals surface area contributed by atoms with Crippen molar-refractivity contribution in [2.75, 3.05) is 6.54 Å². The van der Waals surface area contributed by atoms with Crippen molar-refractivity contribution in [3.63, 3.8) is 0 Å². The summed E-state index contributed by atoms with van der Waals surface area (Å²) in [6.07, 6.45) is 3.01. The van der Waals surface area contributed by atoms with Gasteiger partial charge in [0.2, 0.25) is 0 Å². The normalized spacial score (nSPS) is 19.2. The number of aliphatic hydroxyl groups is 1. The van der Waals surface area contributed by atoms with Gasteiger partial charge in [0.25, 0.3) is 5.91 Å². The summed E-state index contributed by atoms with van der Waals surface area (Å²) in [7, 11) is 0. The maximum absolute atomic E-state index is 12.8. The van der Waals surface area contributed by atoms with Crippen LogP contribution in [0.5, 0.6) is 0 Å². The maximum atomic E-state index is 12.8. The zero-order valence-corrected chi connectivity index (χ0v) is 12.9. The number of carbonyl (C=O) groups excluding carboxylic acids is 1. The molecule has 0 bridgehead atoms. The van der Waals surface area contributed by atoms with Crippen LogP contribution < -0.4 is 0 Å². The summed E-state index contributed by atoms with van der Waals surface area (Å²) in [6, 6.07) is 3.63. The summed E-state index contributed by atoms with van der Waals surface area (Å²) in [6.45, 7) is 4.13. The van der Waals surface area contributed by atoms with Gasteiger partial charge in [-0.3, -0.25) is 4.79 Å². The molecule has 0 aliphatic carbocycles. The fraction of sp³-hybridized carbons (Fsp3) is 0.467. The Labute approximate surface area is 127 Å². The molecule has 0 saturated carbocycles. The number of oxazole rings is 1. The second-order valence-corrected chi connectivity index (χ2v) is 6.77. The molecule has 3 rings (SSSR count). The quantitative estimate of drug-likeness (QED) is 0.947. The molecule has 0 spiro atoms. The van der Waals surface area contributed by atoms with E-state index in [2.05, 4.69) is 4.98 Å². The lowest BCUT2D eigenvalue weighted by Gasteiger charge is -2.33. The standard InChI is InChI=1S/C15H18N2O3S/c1-15(2,19)11-6-3-7-17(11)14(18)12-13(20-9-16-12)10-5-4-8-21-10/h4-5,8-9,11,19H,3,6-7H2,1-2H3. The second-order valence-electron chi connectivity index (χ2n) is 5.82. The minimum atomic E-state index is -0.918. The number of aromatic nitrogens is 1. The zero-order chi connectivity index (χ0) is 15.0. The minimum absolute atomic E-state index is 0.170. The van der Waals surface area contributed by atoms with Crippen molar-refractivity contribution in [3.8, 4) is 10.6 Å². The van der Waals surface area contributed by atoms with E-state index < -0.39 is 5.60 Å². The van der Waals surface area contributed by atoms with E-state index >= 15 is 0 Å². The van der Waals surface area contributed by atoms with Gasteiger partial charge in [-0.1, -0.05) is 6.07 Å². The van der Waals surface area contributed by atoms with E-state index in [1.54, 1.807) is 18.7 Å². The first-order valence-electron chi connectivity index (χ1n) is 6.99. The third-order valence-corrected chi connectivity index (χ3v) is 4.71. The van der Waals surface area contributed by atoms with E-state index in [4.69, 9.17) is 4.42 Å². The van der Waals surface area contributed by atoms with Gasteiger partial charge in [0.1, 0.15) is 0 Å². The molecule has 1 aliphatic heterocycles. The van der Waals surface area contributed by atoms with Gasteiger partial charge in [-0.05, 0) is 38.1 Å². The Morgan fingerprint density at radius 3 is 3.05 bits per heavy atom. The Morgan fingerprint density at radius 1 is 1.57 bits per heavy atom. The molecule has 1 N–H and O–H groups in total. The van der Waals surface area contributed by atoms with Crippen molar-refractivity contribution in [2.24, 2.45) is 0 Å². The first-order valence-corrected chi connectivity index (χ1v) is 7.87. The van der Waals surface area contributed by atoms with Gasteiger partial charge in [-0.15, -0.1) is 11.3 Å². The summed E-state index contributed by atoms with van der Waals surface area (Å²) in [5.74, 6) is 0.341. The van der Waals surface area contributed by atoms with E-state index in [1.165, 1.54) is 17.7 Å². The maximum Gasteiger partial charge on any atom is 0.276 e. The Hall–Kier alpha value is -1.66. The van der Waals surface area contributed by atoms with Gasteiger partial charge in [-0.25, -0.2) is 4.98 Å². The molecule has 1 fully saturated rings. The van der Waals surface area contributed by atoms with Crippen LogP contribution in [0, 0.1) is 0 Å². The van der Waals surface area contributed by atoms with Crippen LogP contribution in [0.4, 0.5) is 0 Å². The Kier molecular flexibility index (Phi) is 3.59. The second kappa shape index (κ2) is 5.27. The first kappa shape index (κ1) is 14.3. The average molecular weight is 306 g/mol. The number of nitrogens with zero attached hydrogens (tertiary/aromatic N) is 2. The highest BCUT2D eigenvalue weighted by Gasteiger charge is 2.40. The first-order chi connectivity index (χ1) is 9.98. The minimum Gasteiger partial charge on any atom is -0.442 e. The summed E-state index contributed by atoms with van der Waals surface area (Å²) < 4.78 is 5.40. The van der Waals surface area contributed by atoms with Gasteiger partial charge in [-0.2, -0.15) is 0 Å². The predicted molar refractivity (Wildman–Crippen MR) is 80.2 cm³/mol. The molecule has 1 unspecified atom stereocenters. The summed E-state index contributed by atoms with van der Waals surface area (Å²) in [4.78, 5) is 19.5. The number of amides is 1. The Bertz CT molecular complexity index is 628. The highest BCUT2D eigenvalue weighted by Crippen LogP contribution is 2.32. The molecule has 112 valence electrons. The van der Waals surface area contributed by atoms with E-state index in [0.29, 0.717) is 18.0 Å². The molecule has 2 aromatic rings. The van der Waals surface area contributed by atoms with Crippen LogP contribution in [-0.4, -0.2) is 39.1 Å². The highest BCUT2D eigenvalue weighted by atomic mass is 32.1. The third kappa shape index (κ3) is 2.61. The molecule has 21 heavy (non-hydrogen) atoms. The van der Waals surface area contributed by atoms with Gasteiger partial charge in [0.15, 0.2) is 17.8 Å². The average Bonchev–Trinajstić information content (AvgIpc) is 3.16. The zero-order valence-electron chi connectivity index (χ0n) is 12.1. The topological polar surface area (TPSA) is 66.6 Å². The fourth-order valence-corrected chi connectivity index (χ4v) is 3.57. The summed E-state index contributed by atoms with van der Waals surface area (Å²) in [5, 5.41) is 12.2. The van der Waals surface area contributed by atoms with E-state index in [0.717, 1.165) is 17.7 Å². The molecule has 2 aromatic heterocycles. The lowest BCUT2D eigenvalue weighted by atomic mass is 9.96. The fourth-order valence-electron chi connectivity index (χ4n) is 2.86. The van der Waals surface area contributed by atoms with Crippen molar-refractivity contribution in [3.05, 3.63) is 29.6 Å². The van der Waals surface area contributed by atoms with Gasteiger partial charge in [0.05, 0.1) is 16.5 Å². The van der Waals surface area contributed by atoms with Crippen LogP contribution in [0.2, 0.25) is 0 Å². The van der Waals surface area contributed by atoms with Crippen LogP contribution in [0.25, 0.3) is 10.6 Å². The monoisotopic (exact) mass is 306 g/mol. The van der Waals surface area contributed by atoms with Crippen molar-refractivity contribution in [2.45, 2.75) is 38.3 Å². The smallest absolute Gasteiger partial charge is 0.276 e. The highest BCUT2D eigenvalue weighted by molar-refractivity contribution is 7.13. The van der Waals surface area contributed by atoms with E-state index in [9.17, 15) is 9.90 Å². The van der Waals surface area contributed by atoms with Crippen LogP contribution in [-0.2, 0) is 0 Å². The molecule has 0 radical (unpaired) electrons. The number of hydrogen-bond donors (Lipinski definition) is 1. The van der Waals surface area contributed by atoms with Crippen LogP contribution in [0.15, 0.2) is 28.3 Å². The predicted octanol–water partition coefficient (Wildman–Crippen LogP) is 2.78. The summed E-state index contributed by atoms with van der Waals surface area (Å²) >= 11 is 1.51. The van der Waals surface area contributed by atoms with Crippen molar-refractivity contribution < 1.29 is 14.3 Å². The van der Waals surface area contributed by atoms with Crippen molar-refractivity contribution in [1.29, 1.82) is 0 Å². The Morgan fingerprint density at radius 2 is 2.38 bits per heavy atom. The number of likely N-dealkylation sites (tertiary alicyclic amines) is 1. The Balaban J connectivity index is 1.91. The largest absolute Gasteiger partial charge is 0.442 e. The lowest BCUT2D eigenvalue weighted by molar-refractivity contribution is 0.000151. The van der Waals surface area contributed by atoms with Gasteiger partial charge < -0.3 is 14.4 Å². The molecule has 6 heteroatoms.